The van der Waals surface area contributed by atoms with Crippen molar-refractivity contribution in [3.05, 3.63) is 59.7 Å². The first-order valence-corrected chi connectivity index (χ1v) is 9.36. The molecular weight excluding hydrogens is 342 g/mol. The van der Waals surface area contributed by atoms with Gasteiger partial charge in [-0.2, -0.15) is 0 Å². The average molecular weight is 366 g/mol. The first kappa shape index (κ1) is 17.5. The molecule has 2 heterocycles. The van der Waals surface area contributed by atoms with Crippen molar-refractivity contribution in [3.63, 3.8) is 0 Å². The molecule has 2 aromatic carbocycles. The zero-order chi connectivity index (χ0) is 18.8. The van der Waals surface area contributed by atoms with Gasteiger partial charge in [-0.3, -0.25) is 14.5 Å². The van der Waals surface area contributed by atoms with Crippen molar-refractivity contribution in [2.24, 2.45) is 0 Å². The van der Waals surface area contributed by atoms with E-state index in [0.717, 1.165) is 44.2 Å². The first-order valence-electron chi connectivity index (χ1n) is 9.36. The van der Waals surface area contributed by atoms with Crippen LogP contribution in [-0.4, -0.2) is 63.1 Å². The third kappa shape index (κ3) is 3.28. The number of benzene rings is 2. The minimum absolute atomic E-state index is 0.164. The summed E-state index contributed by atoms with van der Waals surface area (Å²) in [6, 6.07) is 15.1. The number of quaternary nitrogens is 1. The zero-order valence-corrected chi connectivity index (χ0v) is 15.5. The predicted octanol–water partition coefficient (Wildman–Crippen LogP) is 0.696. The van der Waals surface area contributed by atoms with Crippen molar-refractivity contribution in [3.8, 4) is 5.75 Å². The molecule has 2 aromatic rings. The Hall–Kier alpha value is -2.86. The van der Waals surface area contributed by atoms with Crippen molar-refractivity contribution >= 4 is 17.5 Å². The Labute approximate surface area is 158 Å². The van der Waals surface area contributed by atoms with Gasteiger partial charge in [-0.05, 0) is 24.3 Å². The fraction of sp³-hybridized carbons (Fsp3) is 0.333. The van der Waals surface area contributed by atoms with Crippen LogP contribution in [0.3, 0.4) is 0 Å². The quantitative estimate of drug-likeness (QED) is 0.792. The number of methoxy groups -OCH3 is 1. The minimum atomic E-state index is -0.164. The van der Waals surface area contributed by atoms with Gasteiger partial charge in [-0.25, -0.2) is 0 Å². The van der Waals surface area contributed by atoms with E-state index in [2.05, 4.69) is 11.0 Å². The summed E-state index contributed by atoms with van der Waals surface area (Å²) in [6.45, 7) is 5.06. The van der Waals surface area contributed by atoms with Crippen LogP contribution in [0.15, 0.2) is 48.5 Å². The summed E-state index contributed by atoms with van der Waals surface area (Å²) in [5.74, 6) is 0.567. The molecule has 1 saturated heterocycles. The molecule has 0 spiro atoms. The lowest BCUT2D eigenvalue weighted by Crippen LogP contribution is -3.15. The molecule has 2 amide bonds. The van der Waals surface area contributed by atoms with Crippen LogP contribution in [-0.2, 0) is 0 Å². The van der Waals surface area contributed by atoms with Crippen molar-refractivity contribution in [2.75, 3.05) is 51.3 Å². The number of para-hydroxylation sites is 2. The van der Waals surface area contributed by atoms with Crippen LogP contribution >= 0.6 is 0 Å². The number of hydrogen-bond donors (Lipinski definition) is 1. The summed E-state index contributed by atoms with van der Waals surface area (Å²) in [5, 5.41) is 0. The Bertz CT molecular complexity index is 824. The highest BCUT2D eigenvalue weighted by molar-refractivity contribution is 6.21. The van der Waals surface area contributed by atoms with E-state index in [4.69, 9.17) is 4.74 Å². The van der Waals surface area contributed by atoms with Gasteiger partial charge in [0.25, 0.3) is 11.8 Å². The molecule has 27 heavy (non-hydrogen) atoms. The number of rotatable bonds is 5. The second-order valence-electron chi connectivity index (χ2n) is 6.97. The van der Waals surface area contributed by atoms with Gasteiger partial charge < -0.3 is 14.5 Å². The first-order chi connectivity index (χ1) is 13.2. The third-order valence-electron chi connectivity index (χ3n) is 5.46. The molecule has 4 rings (SSSR count). The van der Waals surface area contributed by atoms with Gasteiger partial charge in [-0.1, -0.05) is 24.3 Å². The number of nitrogens with one attached hydrogen (secondary N) is 1. The molecule has 2 aliphatic rings. The monoisotopic (exact) mass is 366 g/mol. The normalized spacial score (nSPS) is 17.4. The van der Waals surface area contributed by atoms with Crippen molar-refractivity contribution in [1.29, 1.82) is 0 Å². The van der Waals surface area contributed by atoms with E-state index in [-0.39, 0.29) is 11.8 Å². The zero-order valence-electron chi connectivity index (χ0n) is 15.5. The van der Waals surface area contributed by atoms with Crippen LogP contribution in [0.5, 0.6) is 5.75 Å². The highest BCUT2D eigenvalue weighted by atomic mass is 16.5. The van der Waals surface area contributed by atoms with E-state index >= 15 is 0 Å². The minimum Gasteiger partial charge on any atom is -0.495 e. The van der Waals surface area contributed by atoms with E-state index in [1.54, 1.807) is 31.4 Å². The summed E-state index contributed by atoms with van der Waals surface area (Å²) in [7, 11) is 1.70. The second-order valence-corrected chi connectivity index (χ2v) is 6.97. The number of carbonyl (C=O) groups excluding carboxylic acids is 2. The van der Waals surface area contributed by atoms with Crippen LogP contribution in [0.2, 0.25) is 0 Å². The number of imide groups is 1. The van der Waals surface area contributed by atoms with E-state index in [9.17, 15) is 9.59 Å². The van der Waals surface area contributed by atoms with Crippen LogP contribution in [0.4, 0.5) is 5.69 Å². The van der Waals surface area contributed by atoms with Gasteiger partial charge in [0.1, 0.15) is 5.75 Å². The van der Waals surface area contributed by atoms with Gasteiger partial charge >= 0.3 is 0 Å². The molecule has 140 valence electrons. The predicted molar refractivity (Wildman–Crippen MR) is 103 cm³/mol. The topological polar surface area (TPSA) is 54.3 Å². The Morgan fingerprint density at radius 2 is 1.52 bits per heavy atom. The second kappa shape index (κ2) is 7.40. The van der Waals surface area contributed by atoms with Crippen molar-refractivity contribution in [2.45, 2.75) is 0 Å². The lowest BCUT2D eigenvalue weighted by Gasteiger charge is -2.34. The lowest BCUT2D eigenvalue weighted by molar-refractivity contribution is -0.899. The number of amides is 2. The fourth-order valence-electron chi connectivity index (χ4n) is 3.92. The summed E-state index contributed by atoms with van der Waals surface area (Å²) in [4.78, 5) is 30.1. The molecule has 0 aromatic heterocycles. The third-order valence-corrected chi connectivity index (χ3v) is 5.46. The number of carbonyl (C=O) groups is 2. The average Bonchev–Trinajstić information content (AvgIpc) is 2.97. The molecule has 0 aliphatic carbocycles. The van der Waals surface area contributed by atoms with E-state index < -0.39 is 0 Å². The molecule has 0 atom stereocenters. The molecule has 1 N–H and O–H groups in total. The number of hydrogen-bond acceptors (Lipinski definition) is 4. The maximum Gasteiger partial charge on any atom is 0.261 e. The van der Waals surface area contributed by atoms with Crippen LogP contribution in [0.1, 0.15) is 20.7 Å². The summed E-state index contributed by atoms with van der Waals surface area (Å²) in [6.07, 6.45) is 0. The van der Waals surface area contributed by atoms with Gasteiger partial charge in [0.05, 0.1) is 63.2 Å². The number of ether oxygens (including phenoxy) is 1. The van der Waals surface area contributed by atoms with E-state index in [0.29, 0.717) is 17.7 Å². The van der Waals surface area contributed by atoms with Gasteiger partial charge in [0.15, 0.2) is 0 Å². The van der Waals surface area contributed by atoms with E-state index in [1.165, 1.54) is 9.80 Å². The Morgan fingerprint density at radius 3 is 2.15 bits per heavy atom. The molecule has 1 fully saturated rings. The summed E-state index contributed by atoms with van der Waals surface area (Å²) < 4.78 is 5.46. The fourth-order valence-corrected chi connectivity index (χ4v) is 3.92. The van der Waals surface area contributed by atoms with Crippen molar-refractivity contribution < 1.29 is 19.2 Å². The maximum atomic E-state index is 12.5. The largest absolute Gasteiger partial charge is 0.495 e. The van der Waals surface area contributed by atoms with E-state index in [1.807, 2.05) is 18.2 Å². The van der Waals surface area contributed by atoms with Gasteiger partial charge in [0, 0.05) is 0 Å². The SMILES string of the molecule is COc1ccccc1N1CC[NH+](CCN2C(=O)c3ccccc3C2=O)CC1. The molecule has 6 heteroatoms. The highest BCUT2D eigenvalue weighted by Crippen LogP contribution is 2.27. The smallest absolute Gasteiger partial charge is 0.261 e. The molecule has 0 bridgehead atoms. The standard InChI is InChI=1S/C21H23N3O3/c1-27-19-9-5-4-8-18(19)23-13-10-22(11-14-23)12-15-24-20(25)16-6-2-3-7-17(16)21(24)26/h2-9H,10-15H2,1H3/p+1. The van der Waals surface area contributed by atoms with Gasteiger partial charge in [0.2, 0.25) is 0 Å². The lowest BCUT2D eigenvalue weighted by atomic mass is 10.1. The molecule has 6 nitrogen and oxygen atoms in total. The Kier molecular flexibility index (Phi) is 4.81. The number of piperazine rings is 1. The van der Waals surface area contributed by atoms with Crippen LogP contribution in [0, 0.1) is 0 Å². The van der Waals surface area contributed by atoms with Gasteiger partial charge in [-0.15, -0.1) is 0 Å². The van der Waals surface area contributed by atoms with Crippen LogP contribution < -0.4 is 14.5 Å². The number of anilines is 1. The molecular formula is C21H24N3O3+. The maximum absolute atomic E-state index is 12.5. The molecule has 0 saturated carbocycles. The van der Waals surface area contributed by atoms with Crippen LogP contribution in [0.25, 0.3) is 0 Å². The Balaban J connectivity index is 1.33. The number of fused-ring (bicyclic) bond motifs is 1. The summed E-state index contributed by atoms with van der Waals surface area (Å²) >= 11 is 0. The summed E-state index contributed by atoms with van der Waals surface area (Å²) in [5.41, 5.74) is 2.18. The highest BCUT2D eigenvalue weighted by Gasteiger charge is 2.35. The molecule has 0 unspecified atom stereocenters. The Morgan fingerprint density at radius 1 is 0.926 bits per heavy atom. The molecule has 2 aliphatic heterocycles. The number of nitrogens with zero attached hydrogens (tertiary/aromatic N) is 2. The van der Waals surface area contributed by atoms with Crippen molar-refractivity contribution in [1.82, 2.24) is 4.90 Å². The molecule has 0 radical (unpaired) electrons.